The number of nitro benzene ring substituents is 3. The van der Waals surface area contributed by atoms with Gasteiger partial charge in [0.25, 0.3) is 5.69 Å². The minimum atomic E-state index is -1.37. The molecule has 2 N–H and O–H groups in total. The summed E-state index contributed by atoms with van der Waals surface area (Å²) in [6.07, 6.45) is 0. The molecule has 0 fully saturated rings. The molecule has 0 unspecified atom stereocenters. The fraction of sp³-hybridized carbons (Fsp3) is 0. The molecule has 2 aromatic rings. The largest absolute Gasteiger partial charge is 0.478 e. The molecule has 25 heavy (non-hydrogen) atoms. The van der Waals surface area contributed by atoms with Crippen LogP contribution >= 0.6 is 0 Å². The lowest BCUT2D eigenvalue weighted by Gasteiger charge is -2.10. The van der Waals surface area contributed by atoms with E-state index in [-0.39, 0.29) is 11.3 Å². The molecule has 0 amide bonds. The number of aromatic carboxylic acids is 1. The zero-order chi connectivity index (χ0) is 18.7. The van der Waals surface area contributed by atoms with Gasteiger partial charge in [-0.2, -0.15) is 0 Å². The van der Waals surface area contributed by atoms with E-state index in [4.69, 9.17) is 5.11 Å². The molecule has 0 atom stereocenters. The highest BCUT2D eigenvalue weighted by Gasteiger charge is 2.31. The van der Waals surface area contributed by atoms with Crippen molar-refractivity contribution in [1.29, 1.82) is 0 Å². The van der Waals surface area contributed by atoms with Crippen LogP contribution in [0.4, 0.5) is 28.4 Å². The summed E-state index contributed by atoms with van der Waals surface area (Å²) in [4.78, 5) is 41.3. The predicted molar refractivity (Wildman–Crippen MR) is 83.1 cm³/mol. The van der Waals surface area contributed by atoms with Crippen LogP contribution in [0, 0.1) is 30.3 Å². The van der Waals surface area contributed by atoms with E-state index in [1.165, 1.54) is 24.3 Å². The fourth-order valence-corrected chi connectivity index (χ4v) is 2.03. The van der Waals surface area contributed by atoms with E-state index < -0.39 is 43.5 Å². The first-order chi connectivity index (χ1) is 11.7. The van der Waals surface area contributed by atoms with Crippen molar-refractivity contribution in [1.82, 2.24) is 0 Å². The third-order valence-corrected chi connectivity index (χ3v) is 3.10. The van der Waals surface area contributed by atoms with Crippen LogP contribution in [-0.4, -0.2) is 25.8 Å². The summed E-state index contributed by atoms with van der Waals surface area (Å²) in [5, 5.41) is 44.6. The van der Waals surface area contributed by atoms with E-state index in [1.54, 1.807) is 0 Å². The smallest absolute Gasteiger partial charge is 0.337 e. The zero-order valence-corrected chi connectivity index (χ0v) is 12.1. The lowest BCUT2D eigenvalue weighted by Crippen LogP contribution is -2.06. The van der Waals surface area contributed by atoms with Gasteiger partial charge < -0.3 is 10.4 Å². The van der Waals surface area contributed by atoms with Gasteiger partial charge in [-0.05, 0) is 12.1 Å². The first kappa shape index (κ1) is 17.3. The van der Waals surface area contributed by atoms with Gasteiger partial charge in [-0.25, -0.2) is 4.79 Å². The van der Waals surface area contributed by atoms with Crippen molar-refractivity contribution in [2.75, 3.05) is 5.32 Å². The van der Waals surface area contributed by atoms with Gasteiger partial charge in [-0.1, -0.05) is 12.1 Å². The van der Waals surface area contributed by atoms with Crippen molar-refractivity contribution in [3.05, 3.63) is 72.3 Å². The number of hydrogen-bond acceptors (Lipinski definition) is 8. The molecule has 12 heteroatoms. The molecule has 0 bridgehead atoms. The van der Waals surface area contributed by atoms with Crippen molar-refractivity contribution < 1.29 is 24.7 Å². The maximum absolute atomic E-state index is 11.2. The van der Waals surface area contributed by atoms with Crippen LogP contribution in [0.15, 0.2) is 36.4 Å². The topological polar surface area (TPSA) is 179 Å². The minimum absolute atomic E-state index is 0.143. The number of para-hydroxylation sites is 1. The molecule has 128 valence electrons. The fourth-order valence-electron chi connectivity index (χ4n) is 2.03. The maximum atomic E-state index is 11.2. The van der Waals surface area contributed by atoms with Crippen LogP contribution in [0.2, 0.25) is 0 Å². The molecular formula is C13H8N4O8. The number of non-ortho nitro benzene ring substituents is 1. The number of carboxylic acid groups (broad SMARTS) is 1. The molecule has 0 saturated carbocycles. The SMILES string of the molecule is O=C(O)c1ccccc1Nc1c([N+](=O)[O-])cc([N+](=O)[O-])cc1[N+](=O)[O-]. The van der Waals surface area contributed by atoms with Gasteiger partial charge >= 0.3 is 17.3 Å². The van der Waals surface area contributed by atoms with Gasteiger partial charge in [-0.15, -0.1) is 0 Å². The van der Waals surface area contributed by atoms with Crippen LogP contribution in [0.1, 0.15) is 10.4 Å². The third-order valence-electron chi connectivity index (χ3n) is 3.10. The quantitative estimate of drug-likeness (QED) is 0.586. The summed E-state index contributed by atoms with van der Waals surface area (Å²) in [6.45, 7) is 0. The average Bonchev–Trinajstić information content (AvgIpc) is 2.54. The average molecular weight is 348 g/mol. The molecule has 0 heterocycles. The first-order valence-electron chi connectivity index (χ1n) is 6.43. The van der Waals surface area contributed by atoms with E-state index in [1.807, 2.05) is 0 Å². The number of rotatable bonds is 6. The highest BCUT2D eigenvalue weighted by Crippen LogP contribution is 2.40. The second kappa shape index (κ2) is 6.57. The Morgan fingerprint density at radius 3 is 1.88 bits per heavy atom. The van der Waals surface area contributed by atoms with E-state index in [9.17, 15) is 35.1 Å². The van der Waals surface area contributed by atoms with Crippen molar-refractivity contribution in [2.45, 2.75) is 0 Å². The van der Waals surface area contributed by atoms with Gasteiger partial charge in [0.1, 0.15) is 0 Å². The molecule has 0 saturated heterocycles. The Balaban J connectivity index is 2.72. The van der Waals surface area contributed by atoms with Crippen molar-refractivity contribution in [3.8, 4) is 0 Å². The third kappa shape index (κ3) is 3.47. The number of nitrogens with one attached hydrogen (secondary N) is 1. The van der Waals surface area contributed by atoms with Crippen LogP contribution in [-0.2, 0) is 0 Å². The summed E-state index contributed by atoms with van der Waals surface area (Å²) in [6, 6.07) is 6.36. The Morgan fingerprint density at radius 1 is 0.920 bits per heavy atom. The summed E-state index contributed by atoms with van der Waals surface area (Å²) >= 11 is 0. The van der Waals surface area contributed by atoms with Gasteiger partial charge in [-0.3, -0.25) is 30.3 Å². The molecule has 12 nitrogen and oxygen atoms in total. The lowest BCUT2D eigenvalue weighted by molar-refractivity contribution is -0.401. The highest BCUT2D eigenvalue weighted by atomic mass is 16.6. The normalized spacial score (nSPS) is 10.1. The van der Waals surface area contributed by atoms with Crippen LogP contribution in [0.5, 0.6) is 0 Å². The Morgan fingerprint density at radius 2 is 1.44 bits per heavy atom. The summed E-state index contributed by atoms with van der Waals surface area (Å²) in [7, 11) is 0. The maximum Gasteiger partial charge on any atom is 0.337 e. The molecule has 0 aliphatic carbocycles. The number of anilines is 2. The molecule has 0 radical (unpaired) electrons. The Bertz CT molecular complexity index is 876. The van der Waals surface area contributed by atoms with Crippen LogP contribution < -0.4 is 5.32 Å². The number of carbonyl (C=O) groups is 1. The number of carboxylic acids is 1. The monoisotopic (exact) mass is 348 g/mol. The number of benzene rings is 2. The van der Waals surface area contributed by atoms with Crippen LogP contribution in [0.25, 0.3) is 0 Å². The summed E-state index contributed by atoms with van der Waals surface area (Å²) in [5.74, 6) is -1.37. The Labute approximate surface area is 137 Å². The van der Waals surface area contributed by atoms with Crippen molar-refractivity contribution in [3.63, 3.8) is 0 Å². The standard InChI is InChI=1S/C13H8N4O8/c18-13(19)8-3-1-2-4-9(8)14-12-10(16(22)23)5-7(15(20)21)6-11(12)17(24)25/h1-6,14H,(H,18,19). The Kier molecular flexibility index (Phi) is 4.54. The van der Waals surface area contributed by atoms with Gasteiger partial charge in [0.2, 0.25) is 0 Å². The van der Waals surface area contributed by atoms with Gasteiger partial charge in [0.15, 0.2) is 5.69 Å². The minimum Gasteiger partial charge on any atom is -0.478 e. The van der Waals surface area contributed by atoms with E-state index in [2.05, 4.69) is 5.32 Å². The Hall–Kier alpha value is -4.09. The van der Waals surface area contributed by atoms with Gasteiger partial charge in [0.05, 0.1) is 38.2 Å². The van der Waals surface area contributed by atoms with E-state index in [0.29, 0.717) is 12.1 Å². The molecule has 0 spiro atoms. The van der Waals surface area contributed by atoms with E-state index >= 15 is 0 Å². The van der Waals surface area contributed by atoms with Crippen molar-refractivity contribution >= 4 is 34.4 Å². The van der Waals surface area contributed by atoms with Crippen LogP contribution in [0.3, 0.4) is 0 Å². The number of nitrogens with zero attached hydrogens (tertiary/aromatic N) is 3. The lowest BCUT2D eigenvalue weighted by atomic mass is 10.1. The zero-order valence-electron chi connectivity index (χ0n) is 12.1. The summed E-state index contributed by atoms with van der Waals surface area (Å²) in [5.41, 5.74) is -3.79. The number of hydrogen-bond donors (Lipinski definition) is 2. The molecule has 2 aromatic carbocycles. The number of nitro groups is 3. The second-order valence-corrected chi connectivity index (χ2v) is 4.61. The molecule has 2 rings (SSSR count). The molecule has 0 aliphatic heterocycles. The van der Waals surface area contributed by atoms with Crippen molar-refractivity contribution in [2.24, 2.45) is 0 Å². The summed E-state index contributed by atoms with van der Waals surface area (Å²) < 4.78 is 0. The molecular weight excluding hydrogens is 340 g/mol. The second-order valence-electron chi connectivity index (χ2n) is 4.61. The van der Waals surface area contributed by atoms with Gasteiger partial charge in [0, 0.05) is 0 Å². The molecule has 0 aromatic heterocycles. The predicted octanol–water partition coefficient (Wildman–Crippen LogP) is 2.85. The highest BCUT2D eigenvalue weighted by molar-refractivity contribution is 5.96. The van der Waals surface area contributed by atoms with E-state index in [0.717, 1.165) is 0 Å². The first-order valence-corrected chi connectivity index (χ1v) is 6.43. The molecule has 0 aliphatic rings.